The molecule has 0 radical (unpaired) electrons. The van der Waals surface area contributed by atoms with Gasteiger partial charge in [-0.25, -0.2) is 0 Å². The Morgan fingerprint density at radius 1 is 1.00 bits per heavy atom. The molecule has 0 saturated carbocycles. The highest BCUT2D eigenvalue weighted by molar-refractivity contribution is 6.30. The van der Waals surface area contributed by atoms with Gasteiger partial charge in [-0.2, -0.15) is 0 Å². The molecule has 32 heavy (non-hydrogen) atoms. The molecule has 0 spiro atoms. The van der Waals surface area contributed by atoms with Crippen molar-refractivity contribution < 1.29 is 9.59 Å². The number of likely N-dealkylation sites (tertiary alicyclic amines) is 1. The first kappa shape index (κ1) is 22.0. The number of amides is 2. The van der Waals surface area contributed by atoms with Crippen LogP contribution in [-0.2, 0) is 11.2 Å². The van der Waals surface area contributed by atoms with Crippen molar-refractivity contribution in [3.05, 3.63) is 88.7 Å². The first-order valence-electron chi connectivity index (χ1n) is 10.9. The van der Waals surface area contributed by atoms with Crippen LogP contribution in [-0.4, -0.2) is 34.8 Å². The van der Waals surface area contributed by atoms with Gasteiger partial charge in [0.05, 0.1) is 0 Å². The lowest BCUT2D eigenvalue weighted by Gasteiger charge is -2.32. The van der Waals surface area contributed by atoms with Crippen LogP contribution in [0, 0.1) is 0 Å². The summed E-state index contributed by atoms with van der Waals surface area (Å²) in [6, 6.07) is 19.0. The van der Waals surface area contributed by atoms with E-state index in [1.807, 2.05) is 59.6 Å². The van der Waals surface area contributed by atoms with E-state index in [1.54, 1.807) is 12.1 Å². The van der Waals surface area contributed by atoms with Gasteiger partial charge in [0.1, 0.15) is 0 Å². The largest absolute Gasteiger partial charge is 0.366 e. The number of benzene rings is 2. The summed E-state index contributed by atoms with van der Waals surface area (Å²) in [6.07, 6.45) is 4.87. The van der Waals surface area contributed by atoms with Crippen molar-refractivity contribution in [2.45, 2.75) is 31.6 Å². The molecule has 2 N–H and O–H groups in total. The summed E-state index contributed by atoms with van der Waals surface area (Å²) in [7, 11) is 0. The molecule has 0 unspecified atom stereocenters. The van der Waals surface area contributed by atoms with Crippen LogP contribution < -0.4 is 5.73 Å². The van der Waals surface area contributed by atoms with Gasteiger partial charge in [0.15, 0.2) is 0 Å². The summed E-state index contributed by atoms with van der Waals surface area (Å²) >= 11 is 6.03. The maximum absolute atomic E-state index is 12.6. The van der Waals surface area contributed by atoms with Crippen LogP contribution in [0.2, 0.25) is 5.02 Å². The predicted molar refractivity (Wildman–Crippen MR) is 127 cm³/mol. The Kier molecular flexibility index (Phi) is 6.86. The summed E-state index contributed by atoms with van der Waals surface area (Å²) in [5.74, 6) is 0.101. The van der Waals surface area contributed by atoms with Gasteiger partial charge in [0.2, 0.25) is 11.8 Å². The van der Waals surface area contributed by atoms with E-state index in [4.69, 9.17) is 17.3 Å². The highest BCUT2D eigenvalue weighted by atomic mass is 35.5. The van der Waals surface area contributed by atoms with Gasteiger partial charge >= 0.3 is 0 Å². The van der Waals surface area contributed by atoms with E-state index in [9.17, 15) is 9.59 Å². The zero-order chi connectivity index (χ0) is 22.5. The van der Waals surface area contributed by atoms with Crippen LogP contribution in [0.1, 0.15) is 46.8 Å². The Balaban J connectivity index is 1.31. The monoisotopic (exact) mass is 447 g/mol. The van der Waals surface area contributed by atoms with Crippen molar-refractivity contribution in [3.8, 4) is 11.1 Å². The molecule has 1 saturated heterocycles. The fraction of sp³-hybridized carbons (Fsp3) is 0.269. The number of primary amides is 1. The third-order valence-electron chi connectivity index (χ3n) is 6.05. The van der Waals surface area contributed by atoms with Crippen LogP contribution in [0.3, 0.4) is 0 Å². The molecule has 0 atom stereocenters. The van der Waals surface area contributed by atoms with Crippen molar-refractivity contribution >= 4 is 23.4 Å². The molecule has 6 heteroatoms. The zero-order valence-corrected chi connectivity index (χ0v) is 18.6. The molecule has 3 aromatic rings. The minimum atomic E-state index is -0.440. The number of pyridine rings is 1. The number of piperidine rings is 1. The summed E-state index contributed by atoms with van der Waals surface area (Å²) in [5, 5.41) is 0.704. The average Bonchev–Trinajstić information content (AvgIpc) is 2.83. The van der Waals surface area contributed by atoms with Crippen LogP contribution in [0.4, 0.5) is 0 Å². The Morgan fingerprint density at radius 2 is 1.78 bits per heavy atom. The fourth-order valence-corrected chi connectivity index (χ4v) is 4.41. The first-order chi connectivity index (χ1) is 15.5. The molecule has 1 aromatic heterocycles. The Bertz CT molecular complexity index is 1110. The number of aromatic nitrogens is 1. The number of hydrogen-bond acceptors (Lipinski definition) is 3. The van der Waals surface area contributed by atoms with Crippen molar-refractivity contribution in [1.82, 2.24) is 9.88 Å². The fourth-order valence-electron chi connectivity index (χ4n) is 4.20. The second kappa shape index (κ2) is 9.96. The average molecular weight is 448 g/mol. The number of aryl methyl sites for hydroxylation is 1. The Hall–Kier alpha value is -3.18. The van der Waals surface area contributed by atoms with Gasteiger partial charge in [-0.3, -0.25) is 14.6 Å². The third-order valence-corrected chi connectivity index (χ3v) is 6.28. The van der Waals surface area contributed by atoms with Gasteiger partial charge in [0.25, 0.3) is 0 Å². The summed E-state index contributed by atoms with van der Waals surface area (Å²) in [4.78, 5) is 30.7. The van der Waals surface area contributed by atoms with Crippen molar-refractivity contribution in [1.29, 1.82) is 0 Å². The molecule has 0 bridgehead atoms. The van der Waals surface area contributed by atoms with Crippen LogP contribution in [0.25, 0.3) is 11.1 Å². The number of hydrogen-bond donors (Lipinski definition) is 1. The molecule has 2 aromatic carbocycles. The smallest absolute Gasteiger partial charge is 0.248 e. The minimum Gasteiger partial charge on any atom is -0.366 e. The second-order valence-corrected chi connectivity index (χ2v) is 8.64. The van der Waals surface area contributed by atoms with Crippen LogP contribution >= 0.6 is 11.6 Å². The molecular weight excluding hydrogens is 422 g/mol. The van der Waals surface area contributed by atoms with Crippen LogP contribution in [0.15, 0.2) is 66.9 Å². The van der Waals surface area contributed by atoms with Crippen molar-refractivity contribution in [3.63, 3.8) is 0 Å². The number of carbonyl (C=O) groups is 2. The molecule has 2 heterocycles. The van der Waals surface area contributed by atoms with Crippen molar-refractivity contribution in [2.75, 3.05) is 13.1 Å². The quantitative estimate of drug-likeness (QED) is 0.587. The Morgan fingerprint density at radius 3 is 2.47 bits per heavy atom. The predicted octanol–water partition coefficient (Wildman–Crippen LogP) is 4.84. The third kappa shape index (κ3) is 5.35. The highest BCUT2D eigenvalue weighted by Crippen LogP contribution is 2.29. The van der Waals surface area contributed by atoms with Gasteiger partial charge < -0.3 is 10.6 Å². The summed E-state index contributed by atoms with van der Waals surface area (Å²) in [5.41, 5.74) is 9.87. The lowest BCUT2D eigenvalue weighted by molar-refractivity contribution is -0.132. The van der Waals surface area contributed by atoms with E-state index in [0.717, 1.165) is 48.3 Å². The number of halogens is 1. The topological polar surface area (TPSA) is 76.3 Å². The molecule has 4 rings (SSSR count). The van der Waals surface area contributed by atoms with Gasteiger partial charge in [-0.05, 0) is 60.7 Å². The van der Waals surface area contributed by atoms with Crippen molar-refractivity contribution in [2.24, 2.45) is 5.73 Å². The Labute approximate surface area is 193 Å². The zero-order valence-electron chi connectivity index (χ0n) is 17.8. The molecule has 5 nitrogen and oxygen atoms in total. The second-order valence-electron chi connectivity index (χ2n) is 8.20. The number of nitrogens with zero attached hydrogens (tertiary/aromatic N) is 2. The minimum absolute atomic E-state index is 0.195. The van der Waals surface area contributed by atoms with E-state index in [1.165, 1.54) is 0 Å². The maximum Gasteiger partial charge on any atom is 0.248 e. The van der Waals surface area contributed by atoms with Gasteiger partial charge in [-0.15, -0.1) is 0 Å². The van der Waals surface area contributed by atoms with Gasteiger partial charge in [-0.1, -0.05) is 41.9 Å². The number of rotatable bonds is 6. The summed E-state index contributed by atoms with van der Waals surface area (Å²) in [6.45, 7) is 1.51. The molecule has 1 fully saturated rings. The van der Waals surface area contributed by atoms with E-state index in [2.05, 4.69) is 4.98 Å². The van der Waals surface area contributed by atoms with E-state index >= 15 is 0 Å². The van der Waals surface area contributed by atoms with Gasteiger partial charge in [0, 0.05) is 53.5 Å². The molecule has 0 aliphatic carbocycles. The number of carbonyl (C=O) groups excluding carboxylic acids is 2. The lowest BCUT2D eigenvalue weighted by atomic mass is 9.92. The summed E-state index contributed by atoms with van der Waals surface area (Å²) < 4.78 is 0. The number of nitrogens with two attached hydrogens (primary N) is 1. The van der Waals surface area contributed by atoms with E-state index in [-0.39, 0.29) is 5.91 Å². The highest BCUT2D eigenvalue weighted by Gasteiger charge is 2.24. The molecule has 1 aliphatic rings. The normalized spacial score (nSPS) is 14.3. The first-order valence-corrected chi connectivity index (χ1v) is 11.3. The standard InChI is InChI=1S/C26H26ClN3O2/c27-23-6-1-3-18(15-23)7-10-25(31)30-13-11-19(12-14-30)24-9-8-22(17-29-24)20-4-2-5-21(16-20)26(28)32/h1-6,8-9,15-17,19H,7,10-14H2,(H2,28,32). The lowest BCUT2D eigenvalue weighted by Crippen LogP contribution is -2.38. The molecule has 2 amide bonds. The molecule has 1 aliphatic heterocycles. The van der Waals surface area contributed by atoms with E-state index < -0.39 is 5.91 Å². The molecular formula is C26H26ClN3O2. The van der Waals surface area contributed by atoms with E-state index in [0.29, 0.717) is 29.3 Å². The molecule has 164 valence electrons. The SMILES string of the molecule is NC(=O)c1cccc(-c2ccc(C3CCN(C(=O)CCc4cccc(Cl)c4)CC3)nc2)c1. The maximum atomic E-state index is 12.6. The van der Waals surface area contributed by atoms with Crippen LogP contribution in [0.5, 0.6) is 0 Å².